The van der Waals surface area contributed by atoms with Gasteiger partial charge in [-0.1, -0.05) is 18.2 Å². The van der Waals surface area contributed by atoms with E-state index in [1.54, 1.807) is 11.1 Å². The quantitative estimate of drug-likeness (QED) is 0.761. The SMILES string of the molecule is Cc1ccccc1-n1ncc(C(=O)OCC(=O)N2CCCCC2)c1C1CC1. The third-order valence-electron chi connectivity index (χ3n) is 5.37. The Morgan fingerprint density at radius 3 is 2.59 bits per heavy atom. The lowest BCUT2D eigenvalue weighted by Gasteiger charge is -2.26. The first-order valence-corrected chi connectivity index (χ1v) is 9.74. The summed E-state index contributed by atoms with van der Waals surface area (Å²) < 4.78 is 7.21. The number of piperidine rings is 1. The molecule has 1 aliphatic heterocycles. The summed E-state index contributed by atoms with van der Waals surface area (Å²) in [5.74, 6) is -0.239. The molecule has 0 bridgehead atoms. The molecule has 1 amide bonds. The topological polar surface area (TPSA) is 64.4 Å². The average molecular weight is 367 g/mol. The lowest BCUT2D eigenvalue weighted by molar-refractivity contribution is -0.135. The zero-order valence-electron chi connectivity index (χ0n) is 15.7. The molecule has 0 atom stereocenters. The van der Waals surface area contributed by atoms with Crippen LogP contribution in [-0.2, 0) is 9.53 Å². The number of aryl methyl sites for hydroxylation is 1. The summed E-state index contributed by atoms with van der Waals surface area (Å²) in [6.07, 6.45) is 6.87. The number of para-hydroxylation sites is 1. The van der Waals surface area contributed by atoms with E-state index in [9.17, 15) is 9.59 Å². The van der Waals surface area contributed by atoms with E-state index in [0.717, 1.165) is 62.1 Å². The van der Waals surface area contributed by atoms with Gasteiger partial charge in [0, 0.05) is 19.0 Å². The first-order valence-electron chi connectivity index (χ1n) is 9.74. The first-order chi connectivity index (χ1) is 13.1. The van der Waals surface area contributed by atoms with Gasteiger partial charge in [0.25, 0.3) is 5.91 Å². The zero-order valence-corrected chi connectivity index (χ0v) is 15.7. The third kappa shape index (κ3) is 3.75. The number of carbonyl (C=O) groups is 2. The van der Waals surface area contributed by atoms with Crippen LogP contribution < -0.4 is 0 Å². The molecule has 2 fully saturated rings. The van der Waals surface area contributed by atoms with E-state index < -0.39 is 5.97 Å². The molecule has 1 aromatic carbocycles. The third-order valence-corrected chi connectivity index (χ3v) is 5.37. The molecule has 2 heterocycles. The highest BCUT2D eigenvalue weighted by Gasteiger charge is 2.34. The second kappa shape index (κ2) is 7.55. The van der Waals surface area contributed by atoms with Crippen molar-refractivity contribution in [3.8, 4) is 5.69 Å². The summed E-state index contributed by atoms with van der Waals surface area (Å²) >= 11 is 0. The van der Waals surface area contributed by atoms with Crippen molar-refractivity contribution in [2.75, 3.05) is 19.7 Å². The number of carbonyl (C=O) groups excluding carboxylic acids is 2. The molecule has 6 nitrogen and oxygen atoms in total. The molecule has 1 aromatic heterocycles. The van der Waals surface area contributed by atoms with Crippen LogP contribution in [0.2, 0.25) is 0 Å². The van der Waals surface area contributed by atoms with Crippen molar-refractivity contribution >= 4 is 11.9 Å². The van der Waals surface area contributed by atoms with E-state index in [1.165, 1.54) is 0 Å². The van der Waals surface area contributed by atoms with Gasteiger partial charge in [-0.15, -0.1) is 0 Å². The summed E-state index contributed by atoms with van der Waals surface area (Å²) in [6.45, 7) is 3.35. The highest BCUT2D eigenvalue weighted by Crippen LogP contribution is 2.42. The Kier molecular flexibility index (Phi) is 4.97. The Labute approximate surface area is 159 Å². The van der Waals surface area contributed by atoms with E-state index in [1.807, 2.05) is 35.9 Å². The van der Waals surface area contributed by atoms with Crippen LogP contribution in [0.25, 0.3) is 5.69 Å². The number of ether oxygens (including phenoxy) is 1. The average Bonchev–Trinajstić information content (AvgIpc) is 3.45. The van der Waals surface area contributed by atoms with Gasteiger partial charge in [-0.2, -0.15) is 5.10 Å². The fourth-order valence-electron chi connectivity index (χ4n) is 3.70. The monoisotopic (exact) mass is 367 g/mol. The minimum atomic E-state index is -0.456. The van der Waals surface area contributed by atoms with Gasteiger partial charge in [0.05, 0.1) is 17.6 Å². The summed E-state index contributed by atoms with van der Waals surface area (Å²) in [4.78, 5) is 26.7. The smallest absolute Gasteiger partial charge is 0.342 e. The molecule has 2 aliphatic rings. The van der Waals surface area contributed by atoms with E-state index >= 15 is 0 Å². The van der Waals surface area contributed by atoms with Gasteiger partial charge in [-0.3, -0.25) is 4.79 Å². The molecule has 0 N–H and O–H groups in total. The normalized spacial score (nSPS) is 17.0. The lowest BCUT2D eigenvalue weighted by Crippen LogP contribution is -2.38. The maximum Gasteiger partial charge on any atom is 0.342 e. The predicted octanol–water partition coefficient (Wildman–Crippen LogP) is 3.23. The molecule has 0 radical (unpaired) electrons. The highest BCUT2D eigenvalue weighted by molar-refractivity contribution is 5.92. The zero-order chi connectivity index (χ0) is 18.8. The summed E-state index contributed by atoms with van der Waals surface area (Å²) in [7, 11) is 0. The van der Waals surface area contributed by atoms with Gasteiger partial charge in [0.2, 0.25) is 0 Å². The number of rotatable bonds is 5. The van der Waals surface area contributed by atoms with Gasteiger partial charge < -0.3 is 9.64 Å². The Balaban J connectivity index is 1.51. The Morgan fingerprint density at radius 1 is 1.15 bits per heavy atom. The van der Waals surface area contributed by atoms with Crippen LogP contribution in [0, 0.1) is 6.92 Å². The molecule has 27 heavy (non-hydrogen) atoms. The van der Waals surface area contributed by atoms with Gasteiger partial charge >= 0.3 is 5.97 Å². The van der Waals surface area contributed by atoms with Crippen LogP contribution in [0.1, 0.15) is 59.6 Å². The van der Waals surface area contributed by atoms with Crippen molar-refractivity contribution in [2.24, 2.45) is 0 Å². The predicted molar refractivity (Wildman–Crippen MR) is 101 cm³/mol. The number of nitrogens with zero attached hydrogens (tertiary/aromatic N) is 3. The Hall–Kier alpha value is -2.63. The number of aromatic nitrogens is 2. The molecule has 1 saturated carbocycles. The minimum absolute atomic E-state index is 0.109. The number of hydrogen-bond donors (Lipinski definition) is 0. The van der Waals surface area contributed by atoms with Crippen LogP contribution in [0.4, 0.5) is 0 Å². The molecule has 6 heteroatoms. The maximum absolute atomic E-state index is 12.7. The van der Waals surface area contributed by atoms with Crippen LogP contribution in [0.15, 0.2) is 30.5 Å². The van der Waals surface area contributed by atoms with E-state index in [0.29, 0.717) is 11.5 Å². The van der Waals surface area contributed by atoms with Crippen molar-refractivity contribution < 1.29 is 14.3 Å². The molecular formula is C21H25N3O3. The van der Waals surface area contributed by atoms with E-state index in [4.69, 9.17) is 4.74 Å². The molecule has 1 aliphatic carbocycles. The van der Waals surface area contributed by atoms with Crippen LogP contribution in [0.5, 0.6) is 0 Å². The number of likely N-dealkylation sites (tertiary alicyclic amines) is 1. The number of amides is 1. The largest absolute Gasteiger partial charge is 0.452 e. The summed E-state index contributed by atoms with van der Waals surface area (Å²) in [6, 6.07) is 7.99. The van der Waals surface area contributed by atoms with E-state index in [2.05, 4.69) is 5.10 Å². The number of benzene rings is 1. The fraction of sp³-hybridized carbons (Fsp3) is 0.476. The van der Waals surface area contributed by atoms with Gasteiger partial charge in [-0.25, -0.2) is 9.48 Å². The Bertz CT molecular complexity index is 848. The molecule has 4 rings (SSSR count). The molecule has 142 valence electrons. The van der Waals surface area contributed by atoms with Crippen LogP contribution >= 0.6 is 0 Å². The number of esters is 1. The summed E-state index contributed by atoms with van der Waals surface area (Å²) in [5.41, 5.74) is 3.46. The number of hydrogen-bond acceptors (Lipinski definition) is 4. The van der Waals surface area contributed by atoms with Gasteiger partial charge in [-0.05, 0) is 50.7 Å². The highest BCUT2D eigenvalue weighted by atomic mass is 16.5. The van der Waals surface area contributed by atoms with Gasteiger partial charge in [0.15, 0.2) is 6.61 Å². The summed E-state index contributed by atoms with van der Waals surface area (Å²) in [5, 5.41) is 4.47. The van der Waals surface area contributed by atoms with E-state index in [-0.39, 0.29) is 12.5 Å². The van der Waals surface area contributed by atoms with Crippen LogP contribution in [0.3, 0.4) is 0 Å². The lowest BCUT2D eigenvalue weighted by atomic mass is 10.1. The molecule has 1 saturated heterocycles. The second-order valence-corrected chi connectivity index (χ2v) is 7.43. The van der Waals surface area contributed by atoms with Crippen molar-refractivity contribution in [3.05, 3.63) is 47.3 Å². The standard InChI is InChI=1S/C21H25N3O3/c1-15-7-3-4-8-18(15)24-20(16-9-10-16)17(13-22-24)21(26)27-14-19(25)23-11-5-2-6-12-23/h3-4,7-8,13,16H,2,5-6,9-12,14H2,1H3. The Morgan fingerprint density at radius 2 is 1.89 bits per heavy atom. The molecular weight excluding hydrogens is 342 g/mol. The minimum Gasteiger partial charge on any atom is -0.452 e. The maximum atomic E-state index is 12.7. The fourth-order valence-corrected chi connectivity index (χ4v) is 3.70. The second-order valence-electron chi connectivity index (χ2n) is 7.43. The molecule has 2 aromatic rings. The van der Waals surface area contributed by atoms with Crippen molar-refractivity contribution in [1.82, 2.24) is 14.7 Å². The van der Waals surface area contributed by atoms with Crippen molar-refractivity contribution in [1.29, 1.82) is 0 Å². The van der Waals surface area contributed by atoms with Crippen molar-refractivity contribution in [2.45, 2.75) is 44.9 Å². The van der Waals surface area contributed by atoms with Gasteiger partial charge in [0.1, 0.15) is 5.56 Å². The first kappa shape index (κ1) is 17.8. The molecule has 0 spiro atoms. The molecule has 0 unspecified atom stereocenters. The van der Waals surface area contributed by atoms with Crippen LogP contribution in [-0.4, -0.2) is 46.3 Å². The van der Waals surface area contributed by atoms with Crippen molar-refractivity contribution in [3.63, 3.8) is 0 Å².